The third-order valence-electron chi connectivity index (χ3n) is 3.42. The van der Waals surface area contributed by atoms with Crippen LogP contribution in [0.25, 0.3) is 0 Å². The second-order valence-electron chi connectivity index (χ2n) is 5.20. The molecule has 0 spiro atoms. The standard InChI is InChI=1S/C17H19NO4S/c1-13-8-10-15(11-9-13)23(20,21)22-17(19)16(18-2)12-14-6-4-3-5-7-14/h3-11,16,18H,12H2,1-2H3/t16-/m0/s1. The summed E-state index contributed by atoms with van der Waals surface area (Å²) in [6.45, 7) is 1.85. The summed E-state index contributed by atoms with van der Waals surface area (Å²) >= 11 is 0. The van der Waals surface area contributed by atoms with Crippen LogP contribution in [0.15, 0.2) is 59.5 Å². The van der Waals surface area contributed by atoms with E-state index in [0.717, 1.165) is 11.1 Å². The molecule has 122 valence electrons. The first-order chi connectivity index (χ1) is 10.9. The zero-order valence-corrected chi connectivity index (χ0v) is 13.8. The van der Waals surface area contributed by atoms with Crippen LogP contribution in [-0.4, -0.2) is 27.5 Å². The molecule has 0 bridgehead atoms. The molecule has 5 nitrogen and oxygen atoms in total. The van der Waals surface area contributed by atoms with Gasteiger partial charge in [-0.25, -0.2) is 4.79 Å². The molecule has 0 heterocycles. The molecule has 0 aliphatic carbocycles. The highest BCUT2D eigenvalue weighted by Crippen LogP contribution is 2.15. The Bertz CT molecular complexity index is 755. The molecule has 0 unspecified atom stereocenters. The summed E-state index contributed by atoms with van der Waals surface area (Å²) in [4.78, 5) is 12.1. The average Bonchev–Trinajstić information content (AvgIpc) is 2.53. The lowest BCUT2D eigenvalue weighted by molar-refractivity contribution is -0.136. The van der Waals surface area contributed by atoms with Gasteiger partial charge in [0, 0.05) is 0 Å². The summed E-state index contributed by atoms with van der Waals surface area (Å²) in [6, 6.07) is 14.7. The summed E-state index contributed by atoms with van der Waals surface area (Å²) in [7, 11) is -2.52. The van der Waals surface area contributed by atoms with E-state index in [2.05, 4.69) is 5.32 Å². The Balaban J connectivity index is 2.10. The Morgan fingerprint density at radius 3 is 2.26 bits per heavy atom. The predicted molar refractivity (Wildman–Crippen MR) is 87.5 cm³/mol. The molecular weight excluding hydrogens is 314 g/mol. The van der Waals surface area contributed by atoms with Gasteiger partial charge in [0.25, 0.3) is 0 Å². The molecule has 0 amide bonds. The fraction of sp³-hybridized carbons (Fsp3) is 0.235. The minimum absolute atomic E-state index is 0.0361. The van der Waals surface area contributed by atoms with E-state index >= 15 is 0 Å². The number of carbonyl (C=O) groups is 1. The summed E-state index contributed by atoms with van der Waals surface area (Å²) in [5.74, 6) is -0.822. The van der Waals surface area contributed by atoms with Crippen LogP contribution in [0, 0.1) is 6.92 Å². The van der Waals surface area contributed by atoms with E-state index in [-0.39, 0.29) is 4.90 Å². The number of carbonyl (C=O) groups excluding carboxylic acids is 1. The lowest BCUT2D eigenvalue weighted by atomic mass is 10.1. The van der Waals surface area contributed by atoms with Gasteiger partial charge in [0.15, 0.2) is 0 Å². The molecule has 0 aliphatic rings. The van der Waals surface area contributed by atoms with Gasteiger partial charge in [0.05, 0.1) is 0 Å². The summed E-state index contributed by atoms with van der Waals surface area (Å²) < 4.78 is 29.1. The number of nitrogens with one attached hydrogen (secondary N) is 1. The molecule has 0 radical (unpaired) electrons. The molecule has 0 aliphatic heterocycles. The van der Waals surface area contributed by atoms with Gasteiger partial charge >= 0.3 is 16.1 Å². The molecule has 6 heteroatoms. The Morgan fingerprint density at radius 1 is 1.09 bits per heavy atom. The van der Waals surface area contributed by atoms with Crippen molar-refractivity contribution in [3.8, 4) is 0 Å². The lowest BCUT2D eigenvalue weighted by Gasteiger charge is -2.15. The Morgan fingerprint density at radius 2 is 1.70 bits per heavy atom. The Kier molecular flexibility index (Phi) is 5.52. The van der Waals surface area contributed by atoms with Crippen LogP contribution < -0.4 is 5.32 Å². The highest BCUT2D eigenvalue weighted by atomic mass is 32.2. The monoisotopic (exact) mass is 333 g/mol. The molecular formula is C17H19NO4S. The van der Waals surface area contributed by atoms with E-state index in [4.69, 9.17) is 4.18 Å². The first-order valence-corrected chi connectivity index (χ1v) is 8.59. The molecule has 1 N–H and O–H groups in total. The highest BCUT2D eigenvalue weighted by Gasteiger charge is 2.26. The zero-order chi connectivity index (χ0) is 16.9. The third kappa shape index (κ3) is 4.64. The molecule has 2 aromatic rings. The number of hydrogen-bond acceptors (Lipinski definition) is 5. The van der Waals surface area contributed by atoms with Gasteiger partial charge in [-0.1, -0.05) is 48.0 Å². The topological polar surface area (TPSA) is 72.5 Å². The van der Waals surface area contributed by atoms with Gasteiger partial charge in [0.1, 0.15) is 10.9 Å². The molecule has 0 saturated heterocycles. The van der Waals surface area contributed by atoms with E-state index < -0.39 is 22.1 Å². The Labute approximate surface area is 136 Å². The third-order valence-corrected chi connectivity index (χ3v) is 4.65. The fourth-order valence-electron chi connectivity index (χ4n) is 2.07. The molecule has 2 aromatic carbocycles. The van der Waals surface area contributed by atoms with E-state index in [9.17, 15) is 13.2 Å². The van der Waals surface area contributed by atoms with Gasteiger partial charge in [-0.3, -0.25) is 0 Å². The molecule has 0 aromatic heterocycles. The van der Waals surface area contributed by atoms with Crippen molar-refractivity contribution in [2.24, 2.45) is 0 Å². The molecule has 0 saturated carbocycles. The lowest BCUT2D eigenvalue weighted by Crippen LogP contribution is -2.38. The maximum atomic E-state index is 12.2. The predicted octanol–water partition coefficient (Wildman–Crippen LogP) is 2.06. The highest BCUT2D eigenvalue weighted by molar-refractivity contribution is 7.87. The van der Waals surface area contributed by atoms with Crippen LogP contribution in [0.3, 0.4) is 0 Å². The SMILES string of the molecule is CN[C@@H](Cc1ccccc1)C(=O)OS(=O)(=O)c1ccc(C)cc1. The van der Waals surface area contributed by atoms with E-state index in [1.165, 1.54) is 12.1 Å². The quantitative estimate of drug-likeness (QED) is 0.819. The van der Waals surface area contributed by atoms with Crippen molar-refractivity contribution < 1.29 is 17.4 Å². The normalized spacial score (nSPS) is 12.6. The van der Waals surface area contributed by atoms with Crippen molar-refractivity contribution in [1.29, 1.82) is 0 Å². The van der Waals surface area contributed by atoms with E-state index in [0.29, 0.717) is 6.42 Å². The Hall–Kier alpha value is -2.18. The van der Waals surface area contributed by atoms with Crippen molar-refractivity contribution in [3.63, 3.8) is 0 Å². The number of likely N-dealkylation sites (N-methyl/N-ethyl adjacent to an activating group) is 1. The zero-order valence-electron chi connectivity index (χ0n) is 13.0. The fourth-order valence-corrected chi connectivity index (χ4v) is 2.97. The van der Waals surface area contributed by atoms with E-state index in [1.807, 2.05) is 37.3 Å². The first kappa shape index (κ1) is 17.2. The number of aryl methyl sites for hydroxylation is 1. The molecule has 0 fully saturated rings. The van der Waals surface area contributed by atoms with Gasteiger partial charge in [0.2, 0.25) is 0 Å². The van der Waals surface area contributed by atoms with Crippen LogP contribution in [0.1, 0.15) is 11.1 Å². The largest absolute Gasteiger partial charge is 0.341 e. The minimum atomic E-state index is -4.11. The number of rotatable bonds is 6. The van der Waals surface area contributed by atoms with Crippen molar-refractivity contribution in [3.05, 3.63) is 65.7 Å². The summed E-state index contributed by atoms with van der Waals surface area (Å²) in [5, 5.41) is 2.79. The smallest absolute Gasteiger partial charge is 0.341 e. The van der Waals surface area contributed by atoms with Crippen LogP contribution >= 0.6 is 0 Å². The van der Waals surface area contributed by atoms with Crippen LogP contribution in [-0.2, 0) is 25.5 Å². The maximum absolute atomic E-state index is 12.2. The van der Waals surface area contributed by atoms with Crippen LogP contribution in [0.4, 0.5) is 0 Å². The van der Waals surface area contributed by atoms with E-state index in [1.54, 1.807) is 19.2 Å². The van der Waals surface area contributed by atoms with Crippen molar-refractivity contribution >= 4 is 16.1 Å². The van der Waals surface area contributed by atoms with Gasteiger partial charge < -0.3 is 9.50 Å². The van der Waals surface area contributed by atoms with Crippen molar-refractivity contribution in [1.82, 2.24) is 5.32 Å². The average molecular weight is 333 g/mol. The van der Waals surface area contributed by atoms with Crippen LogP contribution in [0.2, 0.25) is 0 Å². The van der Waals surface area contributed by atoms with Gasteiger partial charge in [-0.15, -0.1) is 0 Å². The number of hydrogen-bond donors (Lipinski definition) is 1. The van der Waals surface area contributed by atoms with Gasteiger partial charge in [-0.2, -0.15) is 8.42 Å². The second kappa shape index (κ2) is 7.39. The summed E-state index contributed by atoms with van der Waals surface area (Å²) in [6.07, 6.45) is 0.347. The van der Waals surface area contributed by atoms with Crippen molar-refractivity contribution in [2.45, 2.75) is 24.3 Å². The van der Waals surface area contributed by atoms with Crippen LogP contribution in [0.5, 0.6) is 0 Å². The number of benzene rings is 2. The maximum Gasteiger partial charge on any atom is 0.341 e. The minimum Gasteiger partial charge on any atom is -0.341 e. The molecule has 1 atom stereocenters. The molecule has 23 heavy (non-hydrogen) atoms. The summed E-state index contributed by atoms with van der Waals surface area (Å²) in [5.41, 5.74) is 1.84. The van der Waals surface area contributed by atoms with Gasteiger partial charge in [-0.05, 0) is 38.1 Å². The van der Waals surface area contributed by atoms with Crippen molar-refractivity contribution in [2.75, 3.05) is 7.05 Å². The second-order valence-corrected chi connectivity index (χ2v) is 6.75. The molecule has 2 rings (SSSR count). The first-order valence-electron chi connectivity index (χ1n) is 7.18.